The molecule has 0 heterocycles. The number of carbonyl (C=O) groups excluding carboxylic acids is 6. The molecule has 0 atom stereocenters. The Morgan fingerprint density at radius 1 is 0.407 bits per heavy atom. The number of terminal acetylenes is 1. The van der Waals surface area contributed by atoms with Crippen LogP contribution in [0.4, 0.5) is 46.0 Å². The summed E-state index contributed by atoms with van der Waals surface area (Å²) in [4.78, 5) is 118. The molecule has 0 saturated carbocycles. The highest BCUT2D eigenvalue weighted by atomic mass is 19.4. The fourth-order valence-electron chi connectivity index (χ4n) is 11.0. The lowest BCUT2D eigenvalue weighted by molar-refractivity contribution is -0.274. The summed E-state index contributed by atoms with van der Waals surface area (Å²) in [7, 11) is 1.47. The fourth-order valence-corrected chi connectivity index (χ4v) is 11.0. The highest BCUT2D eigenvalue weighted by Gasteiger charge is 2.32. The molecule has 0 aliphatic heterocycles. The molecule has 118 heavy (non-hydrogen) atoms. The zero-order valence-corrected chi connectivity index (χ0v) is 63.6. The molecule has 0 bridgehead atoms. The van der Waals surface area contributed by atoms with Crippen molar-refractivity contribution >= 4 is 87.6 Å². The third-order valence-electron chi connectivity index (χ3n) is 16.8. The number of carboxylic acids is 4. The van der Waals surface area contributed by atoms with Crippen LogP contribution in [0.25, 0.3) is 0 Å². The number of hydrogen-bond acceptors (Lipinski definition) is 16. The molecule has 29 heteroatoms. The zero-order chi connectivity index (χ0) is 86.6. The van der Waals surface area contributed by atoms with E-state index in [0.29, 0.717) is 57.9 Å². The van der Waals surface area contributed by atoms with Gasteiger partial charge in [0.2, 0.25) is 0 Å². The third kappa shape index (κ3) is 27.1. The van der Waals surface area contributed by atoms with Crippen LogP contribution in [0.2, 0.25) is 0 Å². The third-order valence-corrected chi connectivity index (χ3v) is 16.8. The summed E-state index contributed by atoms with van der Waals surface area (Å²) in [6.45, 7) is 5.47. The van der Waals surface area contributed by atoms with Crippen molar-refractivity contribution < 1.29 is 101 Å². The largest absolute Gasteiger partial charge is 0.573 e. The molecule has 0 aliphatic rings. The smallest absolute Gasteiger partial charge is 0.495 e. The van der Waals surface area contributed by atoms with E-state index in [4.69, 9.17) is 42.0 Å². The highest BCUT2D eigenvalue weighted by Crippen LogP contribution is 2.30. The van der Waals surface area contributed by atoms with Crippen molar-refractivity contribution in [3.63, 3.8) is 0 Å². The van der Waals surface area contributed by atoms with Gasteiger partial charge in [0.05, 0.1) is 91.2 Å². The van der Waals surface area contributed by atoms with Gasteiger partial charge in [0.1, 0.15) is 29.5 Å². The maximum absolute atomic E-state index is 13.9. The second-order valence-corrected chi connectivity index (χ2v) is 25.0. The van der Waals surface area contributed by atoms with Gasteiger partial charge < -0.3 is 61.6 Å². The van der Waals surface area contributed by atoms with Crippen LogP contribution in [0, 0.1) is 52.2 Å². The van der Waals surface area contributed by atoms with Gasteiger partial charge in [-0.2, -0.15) is 15.8 Å². The molecule has 0 unspecified atom stereocenters. The Morgan fingerprint density at radius 2 is 0.771 bits per heavy atom. The first-order valence-corrected chi connectivity index (χ1v) is 35.8. The lowest BCUT2D eigenvalue weighted by atomic mass is 10.0. The highest BCUT2D eigenvalue weighted by molar-refractivity contribution is 6.15. The summed E-state index contributed by atoms with van der Waals surface area (Å²) < 4.78 is 59.6. The number of rotatable bonds is 26. The van der Waals surface area contributed by atoms with Crippen molar-refractivity contribution in [2.24, 2.45) is 0 Å². The molecular formula is C89H76F4N8O17. The van der Waals surface area contributed by atoms with E-state index in [1.165, 1.54) is 99.0 Å². The molecule has 25 nitrogen and oxygen atoms in total. The van der Waals surface area contributed by atoms with Crippen LogP contribution >= 0.6 is 0 Å². The Morgan fingerprint density at radius 3 is 1.16 bits per heavy atom. The van der Waals surface area contributed by atoms with Gasteiger partial charge in [-0.25, -0.2) is 23.6 Å². The van der Waals surface area contributed by atoms with E-state index in [1.807, 2.05) is 12.1 Å². The number of aromatic carboxylic acids is 4. The molecule has 0 fully saturated rings. The van der Waals surface area contributed by atoms with Crippen LogP contribution in [0.5, 0.6) is 11.5 Å². The Hall–Kier alpha value is -15.6. The molecule has 0 saturated heterocycles. The number of nitrogens with zero attached hydrogens (tertiary/aromatic N) is 3. The molecule has 5 amide bonds. The molecule has 0 radical (unpaired) electrons. The minimum atomic E-state index is -4.93. The van der Waals surface area contributed by atoms with Crippen molar-refractivity contribution in [1.82, 2.24) is 0 Å². The summed E-state index contributed by atoms with van der Waals surface area (Å²) in [6, 6.07) is 58.4. The quantitative estimate of drug-likeness (QED) is 0.0137. The number of anilines is 5. The first kappa shape index (κ1) is 91.3. The SMILES string of the molecule is C#Cc1ccc(NC(=O)c2ccccc2C(=O)O)cc1OC.CC(=O)c1ccccc1C(=O)Nc1ccc(OC(F)(F)F)c(C#N)c1.CCCCc1ccc(NC(=O)c2ccccc2C(=O)O)c(C#N)c1.CCCCc1ccc(NC(=O)c2ccccc2C(=O)O)cc1C#N.O=C(O)c1ccccc1C(=O)Nc1ccc(CCCO)c(F)c1. The van der Waals surface area contributed by atoms with Crippen molar-refractivity contribution in [2.75, 3.05) is 40.3 Å². The monoisotopic (exact) mass is 1600 g/mol. The number of carbonyl (C=O) groups is 10. The zero-order valence-electron chi connectivity index (χ0n) is 63.6. The van der Waals surface area contributed by atoms with Gasteiger partial charge in [0.25, 0.3) is 29.5 Å². The summed E-state index contributed by atoms with van der Waals surface area (Å²) in [5, 5.41) is 85.6. The molecule has 0 aliphatic carbocycles. The minimum Gasteiger partial charge on any atom is -0.495 e. The number of hydrogen-bond donors (Lipinski definition) is 10. The van der Waals surface area contributed by atoms with E-state index in [-0.39, 0.29) is 79.4 Å². The first-order chi connectivity index (χ1) is 56.4. The van der Waals surface area contributed by atoms with Crippen molar-refractivity contribution in [1.29, 1.82) is 15.8 Å². The number of alkyl halides is 3. The van der Waals surface area contributed by atoms with Crippen molar-refractivity contribution in [3.05, 3.63) is 313 Å². The number of methoxy groups -OCH3 is 1. The van der Waals surface area contributed by atoms with E-state index in [0.717, 1.165) is 67.9 Å². The molecule has 0 spiro atoms. The molecule has 10 N–H and O–H groups in total. The second kappa shape index (κ2) is 45.2. The van der Waals surface area contributed by atoms with Crippen LogP contribution in [0.3, 0.4) is 0 Å². The van der Waals surface area contributed by atoms with Gasteiger partial charge in [0.15, 0.2) is 5.78 Å². The number of ether oxygens (including phenoxy) is 2. The number of carboxylic acid groups (broad SMARTS) is 4. The van der Waals surface area contributed by atoms with E-state index in [2.05, 4.69) is 63.2 Å². The molecule has 10 aromatic rings. The molecule has 10 aromatic carbocycles. The van der Waals surface area contributed by atoms with Gasteiger partial charge in [-0.15, -0.1) is 19.6 Å². The van der Waals surface area contributed by atoms with Crippen LogP contribution < -0.4 is 36.1 Å². The summed E-state index contributed by atoms with van der Waals surface area (Å²) in [5.74, 6) is -6.07. The van der Waals surface area contributed by atoms with E-state index in [1.54, 1.807) is 103 Å². The van der Waals surface area contributed by atoms with Gasteiger partial charge in [-0.1, -0.05) is 118 Å². The summed E-state index contributed by atoms with van der Waals surface area (Å²) >= 11 is 0. The maximum atomic E-state index is 13.9. The van der Waals surface area contributed by atoms with Crippen molar-refractivity contribution in [3.8, 4) is 42.1 Å². The predicted molar refractivity (Wildman–Crippen MR) is 430 cm³/mol. The lowest BCUT2D eigenvalue weighted by Gasteiger charge is -2.12. The number of amides is 5. The molecule has 602 valence electrons. The first-order valence-electron chi connectivity index (χ1n) is 35.8. The number of nitriles is 3. The lowest BCUT2D eigenvalue weighted by Crippen LogP contribution is -2.18. The number of unbranched alkanes of at least 4 members (excludes halogenated alkanes) is 2. The van der Waals surface area contributed by atoms with E-state index >= 15 is 0 Å². The summed E-state index contributed by atoms with van der Waals surface area (Å²) in [6.07, 6.45) is 7.07. The number of aliphatic hydroxyl groups is 1. The van der Waals surface area contributed by atoms with Crippen molar-refractivity contribution in [2.45, 2.75) is 78.5 Å². The number of aliphatic hydroxyl groups excluding tert-OH is 1. The minimum absolute atomic E-state index is 0.00441. The molecule has 10 rings (SSSR count). The van der Waals surface area contributed by atoms with Gasteiger partial charge in [-0.05, 0) is 183 Å². The van der Waals surface area contributed by atoms with Crippen LogP contribution in [-0.2, 0) is 19.3 Å². The summed E-state index contributed by atoms with van der Waals surface area (Å²) in [5.41, 5.74) is 5.35. The number of benzene rings is 10. The molecular weight excluding hydrogens is 1530 g/mol. The topological polar surface area (TPSA) is 422 Å². The Bertz CT molecular complexity index is 5570. The second-order valence-electron chi connectivity index (χ2n) is 25.0. The number of Topliss-reactive ketones (excluding diaryl/α,β-unsaturated/α-hetero) is 1. The number of halogens is 4. The van der Waals surface area contributed by atoms with Gasteiger partial charge in [-0.3, -0.25) is 28.8 Å². The van der Waals surface area contributed by atoms with Gasteiger partial charge >= 0.3 is 30.2 Å². The van der Waals surface area contributed by atoms with Gasteiger partial charge in [0, 0.05) is 41.0 Å². The Balaban J connectivity index is 0.000000229. The van der Waals surface area contributed by atoms with E-state index in [9.17, 15) is 76.0 Å². The Labute approximate surface area is 674 Å². The standard InChI is InChI=1S/2C19H18N2O3.C17H11F3N2O3.C17H16FNO4.C17H13NO4/c1-2-3-6-13-9-10-15(11-14(13)12-20)21-18(22)16-7-4-5-8-17(16)19(23)24;1-2-3-6-13-9-10-17(14(11-13)12-20)21-18(22)15-7-4-5-8-16(15)19(23)24;1-10(23)13-4-2-3-5-14(13)16(24)22-12-6-7-15(11(8-12)9-21)25-17(18,19)20;18-15-10-12(8-7-11(15)4-3-9-20)19-16(21)13-5-1-2-6-14(13)17(22)23;1-3-11-8-9-12(10-15(11)22-2)18-16(19)13-6-4-5-7-14(13)17(20)21/h2*4-5,7-11H,2-3,6H2,1H3,(H,21,22)(H,23,24);2-8H,1H3,(H,22,24);1-2,5-8,10,20H,3-4,9H2,(H,19,21)(H,22,23);1,4-10H,2H3,(H,18,19)(H,20,21). The Kier molecular flexibility index (Phi) is 35.0. The van der Waals surface area contributed by atoms with Crippen LogP contribution in [0.15, 0.2) is 212 Å². The van der Waals surface area contributed by atoms with E-state index < -0.39 is 76.9 Å². The van der Waals surface area contributed by atoms with Crippen LogP contribution in [-0.4, -0.2) is 105 Å². The molecule has 0 aromatic heterocycles. The average molecular weight is 1610 g/mol. The number of aryl methyl sites for hydroxylation is 3. The van der Waals surface area contributed by atoms with Crippen LogP contribution in [0.1, 0.15) is 195 Å². The predicted octanol–water partition coefficient (Wildman–Crippen LogP) is 16.9. The normalized spacial score (nSPS) is 10.1. The number of nitrogens with one attached hydrogen (secondary N) is 5. The maximum Gasteiger partial charge on any atom is 0.573 e. The average Bonchev–Trinajstić information content (AvgIpc) is 0.838. The number of ketones is 1. The fraction of sp³-hybridized carbons (Fsp3) is 0.157.